The molecule has 6 amide bonds. The van der Waals surface area contributed by atoms with E-state index >= 15 is 0 Å². The molecule has 1 unspecified atom stereocenters. The van der Waals surface area contributed by atoms with E-state index < -0.39 is 83.1 Å². The monoisotopic (exact) mass is 877 g/mol. The maximum atomic E-state index is 14.4. The van der Waals surface area contributed by atoms with Crippen molar-refractivity contribution in [2.45, 2.75) is 130 Å². The third kappa shape index (κ3) is 16.7. The summed E-state index contributed by atoms with van der Waals surface area (Å²) in [6.45, 7) is 17.6. The van der Waals surface area contributed by atoms with Gasteiger partial charge in [0, 0.05) is 25.6 Å². The van der Waals surface area contributed by atoms with E-state index in [0.717, 1.165) is 0 Å². The van der Waals surface area contributed by atoms with Crippen molar-refractivity contribution in [3.05, 3.63) is 90.0 Å². The van der Waals surface area contributed by atoms with Gasteiger partial charge in [-0.05, 0) is 63.0 Å². The van der Waals surface area contributed by atoms with Gasteiger partial charge in [-0.1, -0.05) is 102 Å². The van der Waals surface area contributed by atoms with Crippen LogP contribution >= 0.6 is 0 Å². The summed E-state index contributed by atoms with van der Waals surface area (Å²) in [6, 6.07) is 12.2. The van der Waals surface area contributed by atoms with Gasteiger partial charge in [-0.15, -0.1) is 0 Å². The molecule has 6 atom stereocenters. The van der Waals surface area contributed by atoms with Crippen LogP contribution in [0.15, 0.2) is 73.2 Å². The van der Waals surface area contributed by atoms with Gasteiger partial charge in [0.1, 0.15) is 29.3 Å². The molecule has 0 saturated heterocycles. The first-order chi connectivity index (χ1) is 29.5. The van der Waals surface area contributed by atoms with Crippen molar-refractivity contribution in [3.8, 4) is 0 Å². The van der Waals surface area contributed by atoms with Gasteiger partial charge >= 0.3 is 18.1 Å². The smallest absolute Gasteiger partial charge is 0.408 e. The normalized spacial score (nSPS) is 15.0. The molecule has 0 aliphatic heterocycles. The van der Waals surface area contributed by atoms with Crippen LogP contribution in [0.25, 0.3) is 0 Å². The van der Waals surface area contributed by atoms with Crippen molar-refractivity contribution in [2.75, 3.05) is 13.1 Å². The summed E-state index contributed by atoms with van der Waals surface area (Å²) in [5.74, 6) is -3.81. The van der Waals surface area contributed by atoms with Gasteiger partial charge in [0.05, 0.1) is 30.7 Å². The average molecular weight is 877 g/mol. The van der Waals surface area contributed by atoms with Gasteiger partial charge in [0.15, 0.2) is 0 Å². The Labute approximate surface area is 370 Å². The molecule has 63 heavy (non-hydrogen) atoms. The second-order valence-electron chi connectivity index (χ2n) is 18.3. The van der Waals surface area contributed by atoms with Gasteiger partial charge in [-0.3, -0.25) is 14.4 Å². The number of alkyl carbamates (subject to hydrolysis) is 1. The number of hydrogen-bond acceptors (Lipinski definition) is 9. The third-order valence-electron chi connectivity index (χ3n) is 10.1. The number of nitrogens with zero attached hydrogens (tertiary/aromatic N) is 2. The molecule has 3 aromatic rings. The number of hydrogen-bond donors (Lipinski definition) is 8. The molecule has 0 aliphatic carbocycles. The molecule has 0 saturated carbocycles. The zero-order chi connectivity index (χ0) is 47.1. The molecule has 17 nitrogen and oxygen atoms in total. The summed E-state index contributed by atoms with van der Waals surface area (Å²) >= 11 is 0. The Morgan fingerprint density at radius 3 is 1.90 bits per heavy atom. The molecule has 2 aromatic carbocycles. The van der Waals surface area contributed by atoms with Crippen molar-refractivity contribution in [1.29, 1.82) is 0 Å². The third-order valence-corrected chi connectivity index (χ3v) is 10.1. The van der Waals surface area contributed by atoms with Crippen LogP contribution in [0.2, 0.25) is 0 Å². The number of carboxylic acid groups (broad SMARTS) is 1. The Hall–Kier alpha value is -5.97. The van der Waals surface area contributed by atoms with Crippen molar-refractivity contribution >= 4 is 35.8 Å². The summed E-state index contributed by atoms with van der Waals surface area (Å²) in [5, 5.41) is 35.6. The number of carbonyl (C=O) groups is 6. The molecule has 17 heteroatoms. The van der Waals surface area contributed by atoms with Gasteiger partial charge in [0.2, 0.25) is 11.8 Å². The maximum absolute atomic E-state index is 14.4. The molecule has 1 aromatic heterocycles. The number of carboxylic acids is 1. The molecule has 0 aliphatic rings. The minimum absolute atomic E-state index is 0.0385. The quantitative estimate of drug-likeness (QED) is 0.0713. The van der Waals surface area contributed by atoms with E-state index in [1.165, 1.54) is 18.2 Å². The van der Waals surface area contributed by atoms with E-state index in [2.05, 4.69) is 36.6 Å². The molecule has 3 rings (SSSR count). The highest BCUT2D eigenvalue weighted by molar-refractivity contribution is 5.95. The zero-order valence-electron chi connectivity index (χ0n) is 38.2. The Morgan fingerprint density at radius 2 is 1.38 bits per heavy atom. The number of amides is 6. The SMILES string of the molecule is CC(C)C[C@H](NC(=O)[C@H](Cc1c[nH]cn1)NC(=O)[C@](C)(NC(=O)OC(C)(C)C)c1ccccc1)C(O)CN(CC(C)C)C(=O)N[C@H](C(=O)N[C@@H](Cc1ccccc1)C(=O)O)C(C)C. The first-order valence-corrected chi connectivity index (χ1v) is 21.4. The molecular weight excluding hydrogens is 809 g/mol. The Bertz CT molecular complexity index is 1940. The second kappa shape index (κ2) is 23.5. The first-order valence-electron chi connectivity index (χ1n) is 21.4. The number of carbonyl (C=O) groups excluding carboxylic acids is 5. The number of rotatable bonds is 22. The van der Waals surface area contributed by atoms with E-state index in [-0.39, 0.29) is 44.2 Å². The zero-order valence-corrected chi connectivity index (χ0v) is 38.2. The molecule has 0 bridgehead atoms. The number of H-pyrrole nitrogens is 1. The molecule has 346 valence electrons. The Kier molecular flexibility index (Phi) is 19.1. The minimum Gasteiger partial charge on any atom is -0.480 e. The largest absolute Gasteiger partial charge is 0.480 e. The topological polar surface area (TPSA) is 244 Å². The predicted octanol–water partition coefficient (Wildman–Crippen LogP) is 4.27. The molecule has 1 heterocycles. The molecule has 8 N–H and O–H groups in total. The van der Waals surface area contributed by atoms with E-state index in [1.807, 2.05) is 27.7 Å². The van der Waals surface area contributed by atoms with Crippen LogP contribution in [0.4, 0.5) is 9.59 Å². The lowest BCUT2D eigenvalue weighted by Crippen LogP contribution is -2.61. The highest BCUT2D eigenvalue weighted by Crippen LogP contribution is 2.23. The van der Waals surface area contributed by atoms with E-state index in [4.69, 9.17) is 4.74 Å². The first kappa shape index (κ1) is 51.4. The van der Waals surface area contributed by atoms with Crippen LogP contribution in [0.3, 0.4) is 0 Å². The highest BCUT2D eigenvalue weighted by Gasteiger charge is 2.41. The van der Waals surface area contributed by atoms with Crippen LogP contribution in [-0.4, -0.2) is 110 Å². The fraction of sp³-hybridized carbons (Fsp3) is 0.543. The van der Waals surface area contributed by atoms with Crippen LogP contribution < -0.4 is 26.6 Å². The summed E-state index contributed by atoms with van der Waals surface area (Å²) in [4.78, 5) is 90.0. The van der Waals surface area contributed by atoms with E-state index in [1.54, 1.807) is 101 Å². The van der Waals surface area contributed by atoms with Crippen molar-refractivity contribution in [3.63, 3.8) is 0 Å². The molecular formula is C46H68N8O9. The maximum Gasteiger partial charge on any atom is 0.408 e. The lowest BCUT2D eigenvalue weighted by molar-refractivity contribution is -0.142. The number of ether oxygens (including phenoxy) is 1. The number of aliphatic hydroxyl groups is 1. The van der Waals surface area contributed by atoms with Crippen LogP contribution in [0.5, 0.6) is 0 Å². The predicted molar refractivity (Wildman–Crippen MR) is 238 cm³/mol. The number of nitrogens with one attached hydrogen (secondary N) is 6. The van der Waals surface area contributed by atoms with Gasteiger partial charge in [-0.2, -0.15) is 0 Å². The Balaban J connectivity index is 1.87. The highest BCUT2D eigenvalue weighted by atomic mass is 16.6. The van der Waals surface area contributed by atoms with Gasteiger partial charge in [-0.25, -0.2) is 19.4 Å². The van der Waals surface area contributed by atoms with Gasteiger partial charge in [0.25, 0.3) is 5.91 Å². The molecule has 0 fully saturated rings. The van der Waals surface area contributed by atoms with Gasteiger partial charge < -0.3 is 51.4 Å². The lowest BCUT2D eigenvalue weighted by atomic mass is 9.90. The van der Waals surface area contributed by atoms with Crippen LogP contribution in [0.1, 0.15) is 92.5 Å². The number of aromatic amines is 1. The van der Waals surface area contributed by atoms with Crippen molar-refractivity contribution in [1.82, 2.24) is 41.5 Å². The number of benzene rings is 2. The average Bonchev–Trinajstić information content (AvgIpc) is 3.71. The lowest BCUT2D eigenvalue weighted by Gasteiger charge is -2.35. The molecule has 0 radical (unpaired) electrons. The summed E-state index contributed by atoms with van der Waals surface area (Å²) in [6.07, 6.45) is 1.12. The minimum atomic E-state index is -1.70. The summed E-state index contributed by atoms with van der Waals surface area (Å²) in [5.41, 5.74) is -0.967. The van der Waals surface area contributed by atoms with E-state index in [0.29, 0.717) is 16.8 Å². The second-order valence-corrected chi connectivity index (χ2v) is 18.3. The number of aliphatic hydroxyl groups excluding tert-OH is 1. The van der Waals surface area contributed by atoms with Crippen molar-refractivity contribution in [2.24, 2.45) is 17.8 Å². The number of imidazole rings is 1. The fourth-order valence-corrected chi connectivity index (χ4v) is 6.87. The van der Waals surface area contributed by atoms with Crippen molar-refractivity contribution < 1.29 is 43.7 Å². The summed E-state index contributed by atoms with van der Waals surface area (Å²) < 4.78 is 5.49. The van der Waals surface area contributed by atoms with Crippen LogP contribution in [-0.2, 0) is 42.3 Å². The van der Waals surface area contributed by atoms with Crippen LogP contribution in [0, 0.1) is 17.8 Å². The molecule has 0 spiro atoms. The number of aromatic nitrogens is 2. The number of aliphatic carboxylic acids is 1. The van der Waals surface area contributed by atoms with E-state index in [9.17, 15) is 39.0 Å². The Morgan fingerprint density at radius 1 is 0.762 bits per heavy atom. The fourth-order valence-electron chi connectivity index (χ4n) is 6.87. The standard InChI is InChI=1S/C46H68N8O9/c1-28(2)21-34(37(55)26-54(25-29(3)4)43(61)52-38(30(5)6)40(57)50-36(41(58)59)22-31-17-13-11-14-18-31)49-39(56)35(23-33-24-47-27-48-33)51-42(60)46(10,32-19-15-12-16-20-32)53-44(62)63-45(7,8)9/h11-20,24,27-30,34-38,55H,21-23,25-26H2,1-10H3,(H,47,48)(H,49,56)(H,50,57)(H,51,60)(H,52,61)(H,53,62)(H,58,59)/t34-,35-,36-,37?,38-,46+/m0/s1. The summed E-state index contributed by atoms with van der Waals surface area (Å²) in [7, 11) is 0. The number of urea groups is 1.